The third-order valence-electron chi connectivity index (χ3n) is 2.32. The number of rotatable bonds is 2. The Morgan fingerprint density at radius 1 is 1.43 bits per heavy atom. The van der Waals surface area contributed by atoms with Gasteiger partial charge in [-0.05, 0) is 5.56 Å². The lowest BCUT2D eigenvalue weighted by Gasteiger charge is -2.13. The molecule has 1 amide bonds. The molecule has 0 atom stereocenters. The van der Waals surface area contributed by atoms with Crippen molar-refractivity contribution in [2.75, 3.05) is 6.54 Å². The van der Waals surface area contributed by atoms with E-state index in [9.17, 15) is 4.79 Å². The van der Waals surface area contributed by atoms with E-state index in [1.165, 1.54) is 11.3 Å². The minimum atomic E-state index is 0.0948. The molecule has 2 rings (SSSR count). The molecule has 3 heteroatoms. The molecular formula is C11H13N2O+. The van der Waals surface area contributed by atoms with Crippen molar-refractivity contribution in [2.45, 2.75) is 13.3 Å². The number of amides is 1. The molecule has 1 aliphatic rings. The Hall–Kier alpha value is -1.64. The Kier molecular flexibility index (Phi) is 2.31. The number of carbonyl (C=O) groups excluding carboxylic acids is 1. The SMILES string of the molecule is C/C(Cc1ccccc1)=[N+]1/CC(=O)N1. The van der Waals surface area contributed by atoms with Gasteiger partial charge in [-0.1, -0.05) is 30.3 Å². The summed E-state index contributed by atoms with van der Waals surface area (Å²) < 4.78 is 1.88. The van der Waals surface area contributed by atoms with Crippen LogP contribution >= 0.6 is 0 Å². The molecule has 1 heterocycles. The second-order valence-electron chi connectivity index (χ2n) is 3.52. The average molecular weight is 189 g/mol. The fourth-order valence-electron chi connectivity index (χ4n) is 1.49. The van der Waals surface area contributed by atoms with Crippen LogP contribution in [0.2, 0.25) is 0 Å². The highest BCUT2D eigenvalue weighted by molar-refractivity contribution is 5.85. The number of carbonyl (C=O) groups is 1. The first-order chi connectivity index (χ1) is 6.75. The molecule has 0 bridgehead atoms. The summed E-state index contributed by atoms with van der Waals surface area (Å²) in [7, 11) is 0. The summed E-state index contributed by atoms with van der Waals surface area (Å²) in [6.07, 6.45) is 0.890. The molecule has 14 heavy (non-hydrogen) atoms. The first kappa shape index (κ1) is 8.94. The van der Waals surface area contributed by atoms with Crippen LogP contribution in [-0.4, -0.2) is 22.8 Å². The van der Waals surface area contributed by atoms with Crippen LogP contribution in [-0.2, 0) is 11.2 Å². The molecule has 0 spiro atoms. The van der Waals surface area contributed by atoms with Gasteiger partial charge < -0.3 is 0 Å². The van der Waals surface area contributed by atoms with Gasteiger partial charge in [0.2, 0.25) is 0 Å². The topological polar surface area (TPSA) is 32.1 Å². The number of nitrogens with zero attached hydrogens (tertiary/aromatic N) is 1. The van der Waals surface area contributed by atoms with Crippen molar-refractivity contribution in [2.24, 2.45) is 0 Å². The van der Waals surface area contributed by atoms with Crippen LogP contribution < -0.4 is 5.43 Å². The fourth-order valence-corrected chi connectivity index (χ4v) is 1.49. The summed E-state index contributed by atoms with van der Waals surface area (Å²) in [4.78, 5) is 10.7. The summed E-state index contributed by atoms with van der Waals surface area (Å²) >= 11 is 0. The lowest BCUT2D eigenvalue weighted by Crippen LogP contribution is -2.54. The maximum absolute atomic E-state index is 10.7. The quantitative estimate of drug-likeness (QED) is 0.684. The predicted molar refractivity (Wildman–Crippen MR) is 54.1 cm³/mol. The van der Waals surface area contributed by atoms with Crippen LogP contribution in [0.25, 0.3) is 0 Å². The molecule has 0 saturated carbocycles. The standard InChI is InChI=1S/C11H12N2O/c1-9(13-8-11(14)12-13)7-10-5-3-2-4-6-10/h2-6H,7-8H2,1H3/p+1/b13-9+. The van der Waals surface area contributed by atoms with E-state index in [1.54, 1.807) is 0 Å². The van der Waals surface area contributed by atoms with Crippen molar-refractivity contribution in [3.63, 3.8) is 0 Å². The first-order valence-electron chi connectivity index (χ1n) is 4.69. The summed E-state index contributed by atoms with van der Waals surface area (Å²) in [6, 6.07) is 10.2. The van der Waals surface area contributed by atoms with Gasteiger partial charge in [0, 0.05) is 6.92 Å². The van der Waals surface area contributed by atoms with Gasteiger partial charge in [0.05, 0.1) is 6.42 Å². The van der Waals surface area contributed by atoms with E-state index in [0.717, 1.165) is 6.42 Å². The zero-order valence-electron chi connectivity index (χ0n) is 8.16. The largest absolute Gasteiger partial charge is 0.342 e. The molecule has 0 aromatic heterocycles. The smallest absolute Gasteiger partial charge is 0.262 e. The molecule has 1 aliphatic heterocycles. The summed E-state index contributed by atoms with van der Waals surface area (Å²) in [5.41, 5.74) is 5.17. The number of hydrazone groups is 1. The number of hydrogen-bond donors (Lipinski definition) is 1. The Balaban J connectivity index is 2.05. The van der Waals surface area contributed by atoms with Gasteiger partial charge in [-0.2, -0.15) is 0 Å². The molecule has 1 saturated heterocycles. The zero-order valence-corrected chi connectivity index (χ0v) is 8.16. The summed E-state index contributed by atoms with van der Waals surface area (Å²) in [5, 5.41) is 0. The minimum Gasteiger partial charge on any atom is -0.262 e. The number of nitrogens with one attached hydrogen (secondary N) is 1. The molecule has 72 valence electrons. The monoisotopic (exact) mass is 189 g/mol. The van der Waals surface area contributed by atoms with Crippen LogP contribution in [0.3, 0.4) is 0 Å². The third kappa shape index (κ3) is 1.82. The summed E-state index contributed by atoms with van der Waals surface area (Å²) in [5.74, 6) is 0.0948. The van der Waals surface area contributed by atoms with Crippen LogP contribution in [0.1, 0.15) is 12.5 Å². The number of hydrogen-bond acceptors (Lipinski definition) is 1. The highest BCUT2D eigenvalue weighted by Crippen LogP contribution is 2.01. The van der Waals surface area contributed by atoms with Gasteiger partial charge in [0.15, 0.2) is 5.71 Å². The molecule has 0 unspecified atom stereocenters. The second kappa shape index (κ2) is 3.62. The average Bonchev–Trinajstić information content (AvgIpc) is 2.14. The maximum atomic E-state index is 10.7. The first-order valence-corrected chi connectivity index (χ1v) is 4.69. The van der Waals surface area contributed by atoms with Gasteiger partial charge in [0.25, 0.3) is 6.54 Å². The van der Waals surface area contributed by atoms with Crippen molar-refractivity contribution in [1.82, 2.24) is 5.43 Å². The van der Waals surface area contributed by atoms with Crippen molar-refractivity contribution < 1.29 is 9.48 Å². The maximum Gasteiger partial charge on any atom is 0.342 e. The van der Waals surface area contributed by atoms with Crippen molar-refractivity contribution in [3.05, 3.63) is 35.9 Å². The van der Waals surface area contributed by atoms with Gasteiger partial charge in [-0.3, -0.25) is 4.79 Å². The van der Waals surface area contributed by atoms with E-state index in [-0.39, 0.29) is 5.91 Å². The molecule has 1 fully saturated rings. The zero-order chi connectivity index (χ0) is 9.97. The molecule has 0 radical (unpaired) electrons. The van der Waals surface area contributed by atoms with E-state index >= 15 is 0 Å². The van der Waals surface area contributed by atoms with Crippen molar-refractivity contribution in [3.8, 4) is 0 Å². The highest BCUT2D eigenvalue weighted by Gasteiger charge is 2.29. The lowest BCUT2D eigenvalue weighted by molar-refractivity contribution is -0.603. The normalized spacial score (nSPS) is 18.5. The molecule has 1 aromatic carbocycles. The molecule has 1 aromatic rings. The van der Waals surface area contributed by atoms with Crippen LogP contribution in [0.5, 0.6) is 0 Å². The minimum absolute atomic E-state index is 0.0948. The Labute approximate surface area is 83.0 Å². The Bertz CT molecular complexity index is 372. The van der Waals surface area contributed by atoms with Gasteiger partial charge in [-0.15, -0.1) is 10.1 Å². The third-order valence-corrected chi connectivity index (χ3v) is 2.32. The van der Waals surface area contributed by atoms with Crippen molar-refractivity contribution >= 4 is 11.6 Å². The van der Waals surface area contributed by atoms with Crippen LogP contribution in [0.4, 0.5) is 0 Å². The van der Waals surface area contributed by atoms with E-state index in [4.69, 9.17) is 0 Å². The van der Waals surface area contributed by atoms with E-state index in [1.807, 2.05) is 29.8 Å². The number of benzene rings is 1. The van der Waals surface area contributed by atoms with Crippen molar-refractivity contribution in [1.29, 1.82) is 0 Å². The summed E-state index contributed by atoms with van der Waals surface area (Å²) in [6.45, 7) is 2.53. The Morgan fingerprint density at radius 3 is 2.64 bits per heavy atom. The Morgan fingerprint density at radius 2 is 2.07 bits per heavy atom. The predicted octanol–water partition coefficient (Wildman–Crippen LogP) is 0.747. The van der Waals surface area contributed by atoms with Gasteiger partial charge in [0.1, 0.15) is 0 Å². The molecular weight excluding hydrogens is 176 g/mol. The highest BCUT2D eigenvalue weighted by atomic mass is 16.2. The fraction of sp³-hybridized carbons (Fsp3) is 0.273. The molecule has 0 aliphatic carbocycles. The molecule has 1 N–H and O–H groups in total. The van der Waals surface area contributed by atoms with Crippen LogP contribution in [0.15, 0.2) is 30.3 Å². The molecule has 3 nitrogen and oxygen atoms in total. The van der Waals surface area contributed by atoms with Crippen LogP contribution in [0, 0.1) is 0 Å². The van der Waals surface area contributed by atoms with E-state index in [0.29, 0.717) is 6.54 Å². The van der Waals surface area contributed by atoms with Gasteiger partial charge >= 0.3 is 5.91 Å². The van der Waals surface area contributed by atoms with E-state index < -0.39 is 0 Å². The van der Waals surface area contributed by atoms with Gasteiger partial charge in [-0.25, -0.2) is 0 Å². The van der Waals surface area contributed by atoms with E-state index in [2.05, 4.69) is 17.6 Å². The second-order valence-corrected chi connectivity index (χ2v) is 3.52. The lowest BCUT2D eigenvalue weighted by atomic mass is 10.1. The number of hydrazine groups is 1.